The molecular formula is C12H7Cl2NO5. The SMILES string of the molecule is O=C(OCc1cc(Cl)cc(Cl)c1)c1ccc([N+](=O)[O-])o1. The van der Waals surface area contributed by atoms with Crippen LogP contribution in [0.1, 0.15) is 16.1 Å². The number of nitrogens with zero attached hydrogens (tertiary/aromatic N) is 1. The molecule has 0 unspecified atom stereocenters. The zero-order valence-corrected chi connectivity index (χ0v) is 11.4. The molecule has 0 spiro atoms. The van der Waals surface area contributed by atoms with Gasteiger partial charge >= 0.3 is 11.9 Å². The van der Waals surface area contributed by atoms with Gasteiger partial charge in [0, 0.05) is 10.0 Å². The molecule has 0 radical (unpaired) electrons. The molecule has 0 aliphatic rings. The third-order valence-corrected chi connectivity index (χ3v) is 2.70. The largest absolute Gasteiger partial charge is 0.455 e. The van der Waals surface area contributed by atoms with Crippen LogP contribution in [-0.2, 0) is 11.3 Å². The van der Waals surface area contributed by atoms with Crippen molar-refractivity contribution in [3.8, 4) is 0 Å². The predicted octanol–water partition coefficient (Wildman–Crippen LogP) is 3.85. The van der Waals surface area contributed by atoms with Crippen molar-refractivity contribution >= 4 is 35.1 Å². The van der Waals surface area contributed by atoms with Crippen LogP contribution in [0.25, 0.3) is 0 Å². The van der Waals surface area contributed by atoms with Crippen molar-refractivity contribution in [1.82, 2.24) is 0 Å². The van der Waals surface area contributed by atoms with Gasteiger partial charge in [-0.15, -0.1) is 0 Å². The van der Waals surface area contributed by atoms with Crippen LogP contribution in [0.15, 0.2) is 34.7 Å². The van der Waals surface area contributed by atoms with E-state index in [1.54, 1.807) is 18.2 Å². The van der Waals surface area contributed by atoms with Crippen LogP contribution in [0.4, 0.5) is 5.88 Å². The van der Waals surface area contributed by atoms with Crippen molar-refractivity contribution < 1.29 is 18.9 Å². The van der Waals surface area contributed by atoms with Crippen molar-refractivity contribution in [3.05, 3.63) is 61.8 Å². The first-order valence-corrected chi connectivity index (χ1v) is 6.07. The Balaban J connectivity index is 2.02. The van der Waals surface area contributed by atoms with Gasteiger partial charge in [-0.25, -0.2) is 4.79 Å². The summed E-state index contributed by atoms with van der Waals surface area (Å²) >= 11 is 11.6. The Labute approximate surface area is 123 Å². The van der Waals surface area contributed by atoms with Crippen molar-refractivity contribution in [2.24, 2.45) is 0 Å². The third-order valence-electron chi connectivity index (χ3n) is 2.27. The van der Waals surface area contributed by atoms with E-state index in [1.807, 2.05) is 0 Å². The number of rotatable bonds is 4. The minimum Gasteiger partial charge on any atom is -0.455 e. The van der Waals surface area contributed by atoms with Gasteiger partial charge in [0.15, 0.2) is 0 Å². The maximum Gasteiger partial charge on any atom is 0.433 e. The maximum atomic E-state index is 11.6. The monoisotopic (exact) mass is 315 g/mol. The number of esters is 1. The van der Waals surface area contributed by atoms with Crippen LogP contribution in [-0.4, -0.2) is 10.9 Å². The summed E-state index contributed by atoms with van der Waals surface area (Å²) in [5.41, 5.74) is 0.594. The third kappa shape index (κ3) is 3.49. The lowest BCUT2D eigenvalue weighted by atomic mass is 10.2. The summed E-state index contributed by atoms with van der Waals surface area (Å²) in [5, 5.41) is 11.2. The number of carbonyl (C=O) groups is 1. The molecule has 6 nitrogen and oxygen atoms in total. The number of furan rings is 1. The lowest BCUT2D eigenvalue weighted by molar-refractivity contribution is -0.402. The van der Waals surface area contributed by atoms with Crippen molar-refractivity contribution in [1.29, 1.82) is 0 Å². The fourth-order valence-electron chi connectivity index (χ4n) is 1.45. The van der Waals surface area contributed by atoms with Crippen molar-refractivity contribution in [2.75, 3.05) is 0 Å². The smallest absolute Gasteiger partial charge is 0.433 e. The Morgan fingerprint density at radius 2 is 1.90 bits per heavy atom. The molecule has 8 heteroatoms. The highest BCUT2D eigenvalue weighted by molar-refractivity contribution is 6.34. The highest BCUT2D eigenvalue weighted by Crippen LogP contribution is 2.21. The van der Waals surface area contributed by atoms with Crippen LogP contribution in [0, 0.1) is 10.1 Å². The highest BCUT2D eigenvalue weighted by Gasteiger charge is 2.18. The molecule has 20 heavy (non-hydrogen) atoms. The lowest BCUT2D eigenvalue weighted by Gasteiger charge is -2.04. The van der Waals surface area contributed by atoms with E-state index in [1.165, 1.54) is 6.07 Å². The molecule has 0 aliphatic heterocycles. The average Bonchev–Trinajstić information content (AvgIpc) is 2.84. The highest BCUT2D eigenvalue weighted by atomic mass is 35.5. The number of ether oxygens (including phenoxy) is 1. The second-order valence-electron chi connectivity index (χ2n) is 3.75. The van der Waals surface area contributed by atoms with Gasteiger partial charge in [-0.1, -0.05) is 23.2 Å². The van der Waals surface area contributed by atoms with Crippen LogP contribution in [0.5, 0.6) is 0 Å². The maximum absolute atomic E-state index is 11.6. The molecule has 1 aromatic carbocycles. The summed E-state index contributed by atoms with van der Waals surface area (Å²) in [6.07, 6.45) is 0. The van der Waals surface area contributed by atoms with Crippen LogP contribution in [0.3, 0.4) is 0 Å². The Morgan fingerprint density at radius 3 is 2.45 bits per heavy atom. The van der Waals surface area contributed by atoms with Gasteiger partial charge in [-0.3, -0.25) is 10.1 Å². The summed E-state index contributed by atoms with van der Waals surface area (Å²) < 4.78 is 9.66. The fourth-order valence-corrected chi connectivity index (χ4v) is 2.02. The fraction of sp³-hybridized carbons (Fsp3) is 0.0833. The first-order chi connectivity index (χ1) is 9.45. The zero-order valence-electron chi connectivity index (χ0n) is 9.84. The topological polar surface area (TPSA) is 82.6 Å². The molecule has 0 amide bonds. The molecule has 0 aliphatic carbocycles. The molecule has 0 bridgehead atoms. The quantitative estimate of drug-likeness (QED) is 0.486. The number of hydrogen-bond acceptors (Lipinski definition) is 5. The van der Waals surface area contributed by atoms with E-state index in [2.05, 4.69) is 0 Å². The molecule has 1 heterocycles. The van der Waals surface area contributed by atoms with E-state index in [4.69, 9.17) is 32.4 Å². The zero-order chi connectivity index (χ0) is 14.7. The second-order valence-corrected chi connectivity index (χ2v) is 4.62. The van der Waals surface area contributed by atoms with Gasteiger partial charge < -0.3 is 9.15 Å². The Bertz CT molecular complexity index is 647. The minimum atomic E-state index is -0.811. The van der Waals surface area contributed by atoms with E-state index in [0.717, 1.165) is 6.07 Å². The standard InChI is InChI=1S/C12H7Cl2NO5/c13-8-3-7(4-9(14)5-8)6-19-12(16)10-1-2-11(20-10)15(17)18/h1-5H,6H2. The average molecular weight is 316 g/mol. The number of nitro groups is 1. The molecule has 0 atom stereocenters. The Hall–Kier alpha value is -2.05. The molecular weight excluding hydrogens is 309 g/mol. The number of benzene rings is 1. The summed E-state index contributed by atoms with van der Waals surface area (Å²) in [6, 6.07) is 6.97. The van der Waals surface area contributed by atoms with Gasteiger partial charge in [0.2, 0.25) is 5.76 Å². The molecule has 0 saturated heterocycles. The molecule has 2 aromatic rings. The van der Waals surface area contributed by atoms with Crippen LogP contribution < -0.4 is 0 Å². The number of halogens is 2. The summed E-state index contributed by atoms with van der Waals surface area (Å²) in [6.45, 7) is -0.0758. The van der Waals surface area contributed by atoms with Crippen LogP contribution in [0.2, 0.25) is 10.0 Å². The van der Waals surface area contributed by atoms with E-state index in [-0.39, 0.29) is 12.4 Å². The van der Waals surface area contributed by atoms with E-state index in [9.17, 15) is 14.9 Å². The van der Waals surface area contributed by atoms with Crippen molar-refractivity contribution in [2.45, 2.75) is 6.61 Å². The van der Waals surface area contributed by atoms with Gasteiger partial charge in [0.25, 0.3) is 0 Å². The summed E-state index contributed by atoms with van der Waals surface area (Å²) in [7, 11) is 0. The first kappa shape index (κ1) is 14.4. The summed E-state index contributed by atoms with van der Waals surface area (Å²) in [5.74, 6) is -1.58. The van der Waals surface area contributed by atoms with E-state index < -0.39 is 16.8 Å². The normalized spacial score (nSPS) is 10.3. The molecule has 104 valence electrons. The summed E-state index contributed by atoms with van der Waals surface area (Å²) in [4.78, 5) is 21.3. The predicted molar refractivity (Wildman–Crippen MR) is 70.9 cm³/mol. The van der Waals surface area contributed by atoms with Gasteiger partial charge in [-0.05, 0) is 29.8 Å². The van der Waals surface area contributed by atoms with E-state index >= 15 is 0 Å². The molecule has 0 N–H and O–H groups in total. The van der Waals surface area contributed by atoms with Gasteiger partial charge in [0.05, 0.1) is 6.07 Å². The number of hydrogen-bond donors (Lipinski definition) is 0. The Kier molecular flexibility index (Phi) is 4.26. The lowest BCUT2D eigenvalue weighted by Crippen LogP contribution is -2.04. The van der Waals surface area contributed by atoms with Crippen molar-refractivity contribution in [3.63, 3.8) is 0 Å². The molecule has 1 aromatic heterocycles. The van der Waals surface area contributed by atoms with E-state index in [0.29, 0.717) is 15.6 Å². The van der Waals surface area contributed by atoms with Gasteiger partial charge in [0.1, 0.15) is 11.5 Å². The second kappa shape index (κ2) is 5.94. The number of carbonyl (C=O) groups excluding carboxylic acids is 1. The molecule has 0 saturated carbocycles. The van der Waals surface area contributed by atoms with Gasteiger partial charge in [-0.2, -0.15) is 0 Å². The molecule has 0 fully saturated rings. The molecule has 2 rings (SSSR count). The first-order valence-electron chi connectivity index (χ1n) is 5.32. The van der Waals surface area contributed by atoms with Crippen LogP contribution >= 0.6 is 23.2 Å². The Morgan fingerprint density at radius 1 is 1.25 bits per heavy atom. The minimum absolute atomic E-state index is 0.0758.